The lowest BCUT2D eigenvalue weighted by molar-refractivity contribution is -0.146. The van der Waals surface area contributed by atoms with Crippen LogP contribution in [0.3, 0.4) is 0 Å². The Morgan fingerprint density at radius 3 is 2.44 bits per heavy atom. The Bertz CT molecular complexity index is 426. The van der Waals surface area contributed by atoms with E-state index < -0.39 is 28.7 Å². The first-order valence-corrected chi connectivity index (χ1v) is 4.68. The second kappa shape index (κ2) is 4.00. The van der Waals surface area contributed by atoms with Gasteiger partial charge < -0.3 is 15.3 Å². The van der Waals surface area contributed by atoms with Crippen LogP contribution in [0.2, 0.25) is 0 Å². The first-order chi connectivity index (χ1) is 7.25. The smallest absolute Gasteiger partial charge is 0.309 e. The number of carboxylic acids is 1. The third-order valence-electron chi connectivity index (χ3n) is 2.39. The van der Waals surface area contributed by atoms with Gasteiger partial charge in [0.25, 0.3) is 0 Å². The van der Waals surface area contributed by atoms with Crippen LogP contribution < -0.4 is 0 Å². The second-order valence-corrected chi connectivity index (χ2v) is 4.27. The molecule has 0 unspecified atom stereocenters. The molecule has 0 aromatic heterocycles. The maximum Gasteiger partial charge on any atom is 0.309 e. The Kier molecular flexibility index (Phi) is 3.07. The number of benzene rings is 1. The molecule has 0 aliphatic heterocycles. The first kappa shape index (κ1) is 12.3. The number of hydrogen-bond donors (Lipinski definition) is 3. The Morgan fingerprint density at radius 1 is 1.38 bits per heavy atom. The minimum absolute atomic E-state index is 0.0581. The molecule has 0 saturated carbocycles. The van der Waals surface area contributed by atoms with Crippen molar-refractivity contribution >= 4 is 5.97 Å². The molecule has 0 heterocycles. The standard InChI is InChI=1S/C11H13FO4/c1-11(2,10(15)16)5-6-3-4-7(13)9(14)8(6)12/h3-4,13-14H,5H2,1-2H3,(H,15,16). The molecule has 16 heavy (non-hydrogen) atoms. The summed E-state index contributed by atoms with van der Waals surface area (Å²) >= 11 is 0. The van der Waals surface area contributed by atoms with Crippen LogP contribution in [-0.2, 0) is 11.2 Å². The molecule has 0 radical (unpaired) electrons. The van der Waals surface area contributed by atoms with Crippen molar-refractivity contribution in [3.63, 3.8) is 0 Å². The third kappa shape index (κ3) is 2.24. The van der Waals surface area contributed by atoms with Gasteiger partial charge in [-0.3, -0.25) is 4.79 Å². The van der Waals surface area contributed by atoms with E-state index in [0.29, 0.717) is 0 Å². The molecular weight excluding hydrogens is 215 g/mol. The van der Waals surface area contributed by atoms with E-state index in [1.807, 2.05) is 0 Å². The zero-order valence-electron chi connectivity index (χ0n) is 8.99. The van der Waals surface area contributed by atoms with Crippen LogP contribution in [0.15, 0.2) is 12.1 Å². The van der Waals surface area contributed by atoms with Gasteiger partial charge in [-0.2, -0.15) is 0 Å². The Labute approximate surface area is 92.0 Å². The topological polar surface area (TPSA) is 77.8 Å². The lowest BCUT2D eigenvalue weighted by Crippen LogP contribution is -2.26. The fourth-order valence-electron chi connectivity index (χ4n) is 1.28. The summed E-state index contributed by atoms with van der Waals surface area (Å²) < 4.78 is 13.5. The van der Waals surface area contributed by atoms with Crippen LogP contribution in [0.5, 0.6) is 11.5 Å². The van der Waals surface area contributed by atoms with Crippen LogP contribution in [0.4, 0.5) is 4.39 Å². The van der Waals surface area contributed by atoms with Crippen LogP contribution >= 0.6 is 0 Å². The second-order valence-electron chi connectivity index (χ2n) is 4.27. The van der Waals surface area contributed by atoms with Gasteiger partial charge in [-0.15, -0.1) is 0 Å². The van der Waals surface area contributed by atoms with E-state index in [0.717, 1.165) is 6.07 Å². The van der Waals surface area contributed by atoms with Crippen LogP contribution in [-0.4, -0.2) is 21.3 Å². The number of aromatic hydroxyl groups is 2. The molecule has 88 valence electrons. The van der Waals surface area contributed by atoms with E-state index in [4.69, 9.17) is 15.3 Å². The molecule has 0 aliphatic rings. The molecule has 1 aromatic carbocycles. The molecule has 0 aliphatic carbocycles. The lowest BCUT2D eigenvalue weighted by atomic mass is 9.85. The van der Waals surface area contributed by atoms with Crippen LogP contribution in [0.1, 0.15) is 19.4 Å². The maximum absolute atomic E-state index is 13.5. The predicted octanol–water partition coefficient (Wildman–Crippen LogP) is 1.89. The molecule has 1 aromatic rings. The monoisotopic (exact) mass is 228 g/mol. The average Bonchev–Trinajstić information content (AvgIpc) is 2.19. The summed E-state index contributed by atoms with van der Waals surface area (Å²) in [7, 11) is 0. The van der Waals surface area contributed by atoms with Crippen molar-refractivity contribution in [1.82, 2.24) is 0 Å². The van der Waals surface area contributed by atoms with Gasteiger partial charge in [-0.25, -0.2) is 4.39 Å². The summed E-state index contributed by atoms with van der Waals surface area (Å²) in [5.74, 6) is -3.44. The Morgan fingerprint density at radius 2 is 1.94 bits per heavy atom. The maximum atomic E-state index is 13.5. The normalized spacial score (nSPS) is 11.4. The Balaban J connectivity index is 3.08. The molecule has 0 saturated heterocycles. The highest BCUT2D eigenvalue weighted by Gasteiger charge is 2.29. The highest BCUT2D eigenvalue weighted by molar-refractivity contribution is 5.74. The van der Waals surface area contributed by atoms with E-state index in [9.17, 15) is 9.18 Å². The zero-order valence-corrected chi connectivity index (χ0v) is 8.99. The highest BCUT2D eigenvalue weighted by atomic mass is 19.1. The van der Waals surface area contributed by atoms with E-state index in [1.165, 1.54) is 19.9 Å². The van der Waals surface area contributed by atoms with Crippen LogP contribution in [0, 0.1) is 11.2 Å². The zero-order chi connectivity index (χ0) is 12.5. The number of rotatable bonds is 3. The van der Waals surface area contributed by atoms with Crippen molar-refractivity contribution < 1.29 is 24.5 Å². The van der Waals surface area contributed by atoms with Gasteiger partial charge in [0.2, 0.25) is 0 Å². The summed E-state index contributed by atoms with van der Waals surface area (Å²) in [5, 5.41) is 27.1. The van der Waals surface area contributed by atoms with Gasteiger partial charge in [0.1, 0.15) is 0 Å². The van der Waals surface area contributed by atoms with Gasteiger partial charge in [-0.1, -0.05) is 6.07 Å². The molecular formula is C11H13FO4. The molecule has 1 rings (SSSR count). The molecule has 0 fully saturated rings. The summed E-state index contributed by atoms with van der Waals surface area (Å²) in [4.78, 5) is 10.9. The van der Waals surface area contributed by atoms with Gasteiger partial charge in [0.15, 0.2) is 17.3 Å². The molecule has 5 heteroatoms. The van der Waals surface area contributed by atoms with Gasteiger partial charge in [0.05, 0.1) is 5.41 Å². The molecule has 0 atom stereocenters. The molecule has 4 nitrogen and oxygen atoms in total. The van der Waals surface area contributed by atoms with Crippen molar-refractivity contribution in [1.29, 1.82) is 0 Å². The number of carboxylic acid groups (broad SMARTS) is 1. The van der Waals surface area contributed by atoms with Gasteiger partial charge in [-0.05, 0) is 31.9 Å². The lowest BCUT2D eigenvalue weighted by Gasteiger charge is -2.19. The average molecular weight is 228 g/mol. The van der Waals surface area contributed by atoms with Gasteiger partial charge >= 0.3 is 5.97 Å². The van der Waals surface area contributed by atoms with Crippen LogP contribution in [0.25, 0.3) is 0 Å². The van der Waals surface area contributed by atoms with Crippen molar-refractivity contribution in [2.75, 3.05) is 0 Å². The summed E-state index contributed by atoms with van der Waals surface area (Å²) in [6.07, 6.45) is -0.0675. The fraction of sp³-hybridized carbons (Fsp3) is 0.364. The predicted molar refractivity (Wildman–Crippen MR) is 54.9 cm³/mol. The van der Waals surface area contributed by atoms with Crippen molar-refractivity contribution in [2.24, 2.45) is 5.41 Å². The molecule has 0 spiro atoms. The summed E-state index contributed by atoms with van der Waals surface area (Å²) in [6, 6.07) is 2.39. The van der Waals surface area contributed by atoms with E-state index in [2.05, 4.69) is 0 Å². The number of phenols is 2. The van der Waals surface area contributed by atoms with Gasteiger partial charge in [0, 0.05) is 0 Å². The first-order valence-electron chi connectivity index (χ1n) is 4.68. The summed E-state index contributed by atoms with van der Waals surface area (Å²) in [5.41, 5.74) is -1.08. The highest BCUT2D eigenvalue weighted by Crippen LogP contribution is 2.33. The molecule has 0 bridgehead atoms. The number of phenolic OH excluding ortho intramolecular Hbond substituents is 2. The Hall–Kier alpha value is -1.78. The number of carbonyl (C=O) groups is 1. The molecule has 0 amide bonds. The van der Waals surface area contributed by atoms with E-state index in [-0.39, 0.29) is 12.0 Å². The van der Waals surface area contributed by atoms with Crippen molar-refractivity contribution in [3.8, 4) is 11.5 Å². The van der Waals surface area contributed by atoms with Crippen molar-refractivity contribution in [2.45, 2.75) is 20.3 Å². The third-order valence-corrected chi connectivity index (χ3v) is 2.39. The number of halogens is 1. The minimum atomic E-state index is -1.13. The van der Waals surface area contributed by atoms with Crippen molar-refractivity contribution in [3.05, 3.63) is 23.5 Å². The number of hydrogen-bond acceptors (Lipinski definition) is 3. The van der Waals surface area contributed by atoms with E-state index >= 15 is 0 Å². The van der Waals surface area contributed by atoms with E-state index in [1.54, 1.807) is 0 Å². The summed E-state index contributed by atoms with van der Waals surface area (Å²) in [6.45, 7) is 2.91. The fourth-order valence-corrected chi connectivity index (χ4v) is 1.28. The number of aliphatic carboxylic acids is 1. The quantitative estimate of drug-likeness (QED) is 0.690. The molecule has 3 N–H and O–H groups in total. The SMILES string of the molecule is CC(C)(Cc1ccc(O)c(O)c1F)C(=O)O. The largest absolute Gasteiger partial charge is 0.504 e. The minimum Gasteiger partial charge on any atom is -0.504 e.